The van der Waals surface area contributed by atoms with E-state index in [1.165, 1.54) is 0 Å². The summed E-state index contributed by atoms with van der Waals surface area (Å²) >= 11 is 0. The molecular formula is C24H32N4O3. The van der Waals surface area contributed by atoms with E-state index in [2.05, 4.69) is 25.7 Å². The first-order valence-electron chi connectivity index (χ1n) is 10.7. The molecule has 3 aromatic rings. The Kier molecular flexibility index (Phi) is 7.28. The number of pyridine rings is 1. The minimum Gasteiger partial charge on any atom is -0.489 e. The van der Waals surface area contributed by atoms with Gasteiger partial charge in [0.1, 0.15) is 24.1 Å². The van der Waals surface area contributed by atoms with Gasteiger partial charge in [-0.1, -0.05) is 13.8 Å². The Hall–Kier alpha value is -2.93. The zero-order valence-electron chi connectivity index (χ0n) is 19.3. The first kappa shape index (κ1) is 22.7. The molecular weight excluding hydrogens is 392 g/mol. The van der Waals surface area contributed by atoms with E-state index < -0.39 is 0 Å². The number of aromatic nitrogens is 3. The number of ether oxygens (including phenoxy) is 2. The van der Waals surface area contributed by atoms with Crippen LogP contribution in [0.2, 0.25) is 0 Å². The molecule has 0 bridgehead atoms. The van der Waals surface area contributed by atoms with Gasteiger partial charge in [-0.05, 0) is 70.3 Å². The van der Waals surface area contributed by atoms with Crippen molar-refractivity contribution in [2.75, 3.05) is 27.2 Å². The SMILES string of the molecule is CCOC(=O)Cn1nc(-c2ccc(O[C@@H](C)CN(C)C)cc2)c2ccc(C(C)C)nc21. The molecule has 0 saturated carbocycles. The first-order chi connectivity index (χ1) is 14.8. The summed E-state index contributed by atoms with van der Waals surface area (Å²) in [5.74, 6) is 0.766. The van der Waals surface area contributed by atoms with Gasteiger partial charge in [0, 0.05) is 23.2 Å². The second kappa shape index (κ2) is 9.92. The molecule has 0 saturated heterocycles. The van der Waals surface area contributed by atoms with Crippen LogP contribution in [0.4, 0.5) is 0 Å². The van der Waals surface area contributed by atoms with Crippen molar-refractivity contribution in [3.63, 3.8) is 0 Å². The minimum atomic E-state index is -0.325. The zero-order valence-corrected chi connectivity index (χ0v) is 19.3. The van der Waals surface area contributed by atoms with Crippen LogP contribution in [0.3, 0.4) is 0 Å². The fraction of sp³-hybridized carbons (Fsp3) is 0.458. The lowest BCUT2D eigenvalue weighted by Crippen LogP contribution is -2.27. The molecule has 166 valence electrons. The number of carbonyl (C=O) groups is 1. The maximum atomic E-state index is 12.1. The Bertz CT molecular complexity index is 1030. The summed E-state index contributed by atoms with van der Waals surface area (Å²) in [6, 6.07) is 11.9. The molecule has 1 aromatic carbocycles. The number of rotatable bonds is 9. The number of hydrogen-bond acceptors (Lipinski definition) is 6. The quantitative estimate of drug-likeness (QED) is 0.482. The molecule has 7 heteroatoms. The molecule has 1 atom stereocenters. The number of benzene rings is 1. The largest absolute Gasteiger partial charge is 0.489 e. The first-order valence-corrected chi connectivity index (χ1v) is 10.7. The van der Waals surface area contributed by atoms with Crippen LogP contribution < -0.4 is 4.74 Å². The maximum Gasteiger partial charge on any atom is 0.327 e. The van der Waals surface area contributed by atoms with Crippen molar-refractivity contribution < 1.29 is 14.3 Å². The lowest BCUT2D eigenvalue weighted by molar-refractivity contribution is -0.143. The van der Waals surface area contributed by atoms with Gasteiger partial charge in [0.25, 0.3) is 0 Å². The molecule has 2 aromatic heterocycles. The van der Waals surface area contributed by atoms with Gasteiger partial charge < -0.3 is 14.4 Å². The molecule has 0 unspecified atom stereocenters. The molecule has 0 aliphatic carbocycles. The lowest BCUT2D eigenvalue weighted by atomic mass is 10.1. The molecule has 0 amide bonds. The fourth-order valence-corrected chi connectivity index (χ4v) is 3.52. The summed E-state index contributed by atoms with van der Waals surface area (Å²) in [6.45, 7) is 9.24. The van der Waals surface area contributed by atoms with E-state index in [-0.39, 0.29) is 24.5 Å². The topological polar surface area (TPSA) is 69.5 Å². The second-order valence-electron chi connectivity index (χ2n) is 8.29. The smallest absolute Gasteiger partial charge is 0.327 e. The Morgan fingerprint density at radius 2 is 1.81 bits per heavy atom. The van der Waals surface area contributed by atoms with Gasteiger partial charge in [0.15, 0.2) is 5.65 Å². The van der Waals surface area contributed by atoms with Crippen molar-refractivity contribution in [1.29, 1.82) is 0 Å². The molecule has 0 spiro atoms. The van der Waals surface area contributed by atoms with Crippen molar-refractivity contribution in [2.45, 2.75) is 46.3 Å². The normalized spacial score (nSPS) is 12.5. The second-order valence-corrected chi connectivity index (χ2v) is 8.29. The van der Waals surface area contributed by atoms with Crippen LogP contribution in [0.5, 0.6) is 5.75 Å². The summed E-state index contributed by atoms with van der Waals surface area (Å²) in [7, 11) is 4.05. The molecule has 0 fully saturated rings. The highest BCUT2D eigenvalue weighted by Crippen LogP contribution is 2.30. The molecule has 7 nitrogen and oxygen atoms in total. The Morgan fingerprint density at radius 3 is 2.42 bits per heavy atom. The predicted molar refractivity (Wildman–Crippen MR) is 122 cm³/mol. The van der Waals surface area contributed by atoms with Crippen molar-refractivity contribution in [3.8, 4) is 17.0 Å². The van der Waals surface area contributed by atoms with Crippen LogP contribution in [-0.4, -0.2) is 59.0 Å². The van der Waals surface area contributed by atoms with Gasteiger partial charge in [-0.15, -0.1) is 0 Å². The van der Waals surface area contributed by atoms with Crippen molar-refractivity contribution >= 4 is 17.0 Å². The number of fused-ring (bicyclic) bond motifs is 1. The molecule has 0 N–H and O–H groups in total. The van der Waals surface area contributed by atoms with E-state index in [0.717, 1.165) is 34.6 Å². The van der Waals surface area contributed by atoms with Gasteiger partial charge >= 0.3 is 5.97 Å². The van der Waals surface area contributed by atoms with Gasteiger partial charge in [-0.2, -0.15) is 5.10 Å². The molecule has 3 rings (SSSR count). The Balaban J connectivity index is 1.94. The number of esters is 1. The van der Waals surface area contributed by atoms with Gasteiger partial charge in [-0.3, -0.25) is 4.79 Å². The van der Waals surface area contributed by atoms with Crippen LogP contribution in [0.15, 0.2) is 36.4 Å². The van der Waals surface area contributed by atoms with Gasteiger partial charge in [0.05, 0.1) is 6.61 Å². The maximum absolute atomic E-state index is 12.1. The summed E-state index contributed by atoms with van der Waals surface area (Å²) in [5.41, 5.74) is 3.38. The van der Waals surface area contributed by atoms with Crippen LogP contribution >= 0.6 is 0 Å². The minimum absolute atomic E-state index is 0.0299. The molecule has 0 radical (unpaired) electrons. The number of carbonyl (C=O) groups excluding carboxylic acids is 1. The van der Waals surface area contributed by atoms with E-state index in [1.54, 1.807) is 11.6 Å². The number of likely N-dealkylation sites (N-methyl/N-ethyl adjacent to an activating group) is 1. The van der Waals surface area contributed by atoms with E-state index >= 15 is 0 Å². The van der Waals surface area contributed by atoms with Crippen molar-refractivity contribution in [1.82, 2.24) is 19.7 Å². The third-order valence-electron chi connectivity index (χ3n) is 4.88. The van der Waals surface area contributed by atoms with Gasteiger partial charge in [-0.25, -0.2) is 9.67 Å². The van der Waals surface area contributed by atoms with Crippen molar-refractivity contribution in [3.05, 3.63) is 42.1 Å². The van der Waals surface area contributed by atoms with E-state index in [4.69, 9.17) is 19.6 Å². The summed E-state index contributed by atoms with van der Waals surface area (Å²) in [5, 5.41) is 5.62. The average Bonchev–Trinajstić information content (AvgIpc) is 3.05. The molecule has 0 aliphatic rings. The van der Waals surface area contributed by atoms with Gasteiger partial charge in [0.2, 0.25) is 0 Å². The third kappa shape index (κ3) is 5.61. The van der Waals surface area contributed by atoms with Crippen molar-refractivity contribution in [2.24, 2.45) is 0 Å². The fourth-order valence-electron chi connectivity index (χ4n) is 3.52. The summed E-state index contributed by atoms with van der Waals surface area (Å²) in [6.07, 6.45) is 0.0871. The average molecular weight is 425 g/mol. The zero-order chi connectivity index (χ0) is 22.5. The third-order valence-corrected chi connectivity index (χ3v) is 4.88. The summed E-state index contributed by atoms with van der Waals surface area (Å²) < 4.78 is 12.7. The van der Waals surface area contributed by atoms with E-state index in [9.17, 15) is 4.79 Å². The monoisotopic (exact) mass is 424 g/mol. The Labute approximate surface area is 184 Å². The predicted octanol–water partition coefficient (Wildman–Crippen LogP) is 4.11. The Morgan fingerprint density at radius 1 is 1.10 bits per heavy atom. The van der Waals surface area contributed by atoms with Crippen LogP contribution in [-0.2, 0) is 16.1 Å². The highest BCUT2D eigenvalue weighted by molar-refractivity contribution is 5.92. The molecule has 31 heavy (non-hydrogen) atoms. The number of nitrogens with zero attached hydrogens (tertiary/aromatic N) is 4. The highest BCUT2D eigenvalue weighted by atomic mass is 16.5. The van der Waals surface area contributed by atoms with Crippen LogP contribution in [0.1, 0.15) is 39.3 Å². The standard InChI is InChI=1S/C24H32N4O3/c1-7-30-22(29)15-28-24-20(12-13-21(25-24)16(2)3)23(26-28)18-8-10-19(11-9-18)31-17(4)14-27(5)6/h8-13,16-17H,7,14-15H2,1-6H3/t17-/m0/s1. The lowest BCUT2D eigenvalue weighted by Gasteiger charge is -2.18. The van der Waals surface area contributed by atoms with Crippen LogP contribution in [0, 0.1) is 0 Å². The summed E-state index contributed by atoms with van der Waals surface area (Å²) in [4.78, 5) is 19.0. The van der Waals surface area contributed by atoms with E-state index in [1.807, 2.05) is 50.5 Å². The molecule has 0 aliphatic heterocycles. The van der Waals surface area contributed by atoms with E-state index in [0.29, 0.717) is 12.3 Å². The highest BCUT2D eigenvalue weighted by Gasteiger charge is 2.18. The molecule has 2 heterocycles. The van der Waals surface area contributed by atoms with Crippen LogP contribution in [0.25, 0.3) is 22.3 Å². The number of hydrogen-bond donors (Lipinski definition) is 0.